The molecule has 0 fully saturated rings. The standard InChI is InChI=1S/C25H21BrN2O2/c26-21-13-11-20(12-14-21)25(19-9-5-2-6-10-19)28-23(29)15-16-24-27-17-22(30-24)18-7-3-1-4-8-18/h1-14,17,25H,15-16H2,(H,28,29). The number of hydrogen-bond acceptors (Lipinski definition) is 3. The Balaban J connectivity index is 1.43. The Morgan fingerprint density at radius 1 is 0.900 bits per heavy atom. The van der Waals surface area contributed by atoms with Crippen LogP contribution in [-0.2, 0) is 11.2 Å². The lowest BCUT2D eigenvalue weighted by Crippen LogP contribution is -2.29. The van der Waals surface area contributed by atoms with Gasteiger partial charge in [0.15, 0.2) is 11.7 Å². The van der Waals surface area contributed by atoms with Gasteiger partial charge >= 0.3 is 0 Å². The number of nitrogens with zero attached hydrogens (tertiary/aromatic N) is 1. The first-order valence-corrected chi connectivity index (χ1v) is 10.6. The molecule has 5 heteroatoms. The van der Waals surface area contributed by atoms with E-state index in [1.165, 1.54) is 0 Å². The fourth-order valence-electron chi connectivity index (χ4n) is 3.28. The molecule has 150 valence electrons. The highest BCUT2D eigenvalue weighted by molar-refractivity contribution is 9.10. The predicted octanol–water partition coefficient (Wildman–Crippen LogP) is 5.94. The number of nitrogens with one attached hydrogen (secondary N) is 1. The van der Waals surface area contributed by atoms with Gasteiger partial charge in [-0.3, -0.25) is 4.79 Å². The quantitative estimate of drug-likeness (QED) is 0.371. The van der Waals surface area contributed by atoms with Gasteiger partial charge in [0, 0.05) is 22.9 Å². The topological polar surface area (TPSA) is 55.1 Å². The van der Waals surface area contributed by atoms with Crippen LogP contribution in [0.15, 0.2) is 100 Å². The van der Waals surface area contributed by atoms with Crippen molar-refractivity contribution in [3.8, 4) is 11.3 Å². The molecule has 1 aromatic heterocycles. The van der Waals surface area contributed by atoms with E-state index < -0.39 is 0 Å². The second kappa shape index (κ2) is 9.55. The van der Waals surface area contributed by atoms with Crippen LogP contribution in [0, 0.1) is 0 Å². The molecule has 1 heterocycles. The summed E-state index contributed by atoms with van der Waals surface area (Å²) in [7, 11) is 0. The maximum absolute atomic E-state index is 12.7. The van der Waals surface area contributed by atoms with Crippen LogP contribution >= 0.6 is 15.9 Å². The molecular weight excluding hydrogens is 440 g/mol. The summed E-state index contributed by atoms with van der Waals surface area (Å²) in [6.07, 6.45) is 2.45. The van der Waals surface area contributed by atoms with Crippen LogP contribution < -0.4 is 5.32 Å². The minimum absolute atomic E-state index is 0.0498. The highest BCUT2D eigenvalue weighted by Crippen LogP contribution is 2.24. The van der Waals surface area contributed by atoms with Crippen LogP contribution in [0.4, 0.5) is 0 Å². The van der Waals surface area contributed by atoms with E-state index in [1.54, 1.807) is 6.20 Å². The molecule has 0 saturated heterocycles. The van der Waals surface area contributed by atoms with E-state index in [-0.39, 0.29) is 11.9 Å². The molecule has 4 nitrogen and oxygen atoms in total. The number of carbonyl (C=O) groups excluding carboxylic acids is 1. The monoisotopic (exact) mass is 460 g/mol. The van der Waals surface area contributed by atoms with Gasteiger partial charge in [0.1, 0.15) is 0 Å². The summed E-state index contributed by atoms with van der Waals surface area (Å²) >= 11 is 3.47. The van der Waals surface area contributed by atoms with Crippen molar-refractivity contribution in [2.75, 3.05) is 0 Å². The van der Waals surface area contributed by atoms with Crippen LogP contribution in [0.2, 0.25) is 0 Å². The van der Waals surface area contributed by atoms with Crippen LogP contribution in [0.5, 0.6) is 0 Å². The van der Waals surface area contributed by atoms with Crippen molar-refractivity contribution < 1.29 is 9.21 Å². The van der Waals surface area contributed by atoms with E-state index in [0.29, 0.717) is 24.5 Å². The number of aromatic nitrogens is 1. The fraction of sp³-hybridized carbons (Fsp3) is 0.120. The minimum atomic E-state index is -0.212. The summed E-state index contributed by atoms with van der Waals surface area (Å²) in [6, 6.07) is 27.6. The van der Waals surface area contributed by atoms with Crippen molar-refractivity contribution in [1.29, 1.82) is 0 Å². The number of hydrogen-bond donors (Lipinski definition) is 1. The molecule has 1 unspecified atom stereocenters. The van der Waals surface area contributed by atoms with Gasteiger partial charge in [-0.15, -0.1) is 0 Å². The van der Waals surface area contributed by atoms with Crippen molar-refractivity contribution in [3.63, 3.8) is 0 Å². The SMILES string of the molecule is O=C(CCc1ncc(-c2ccccc2)o1)NC(c1ccccc1)c1ccc(Br)cc1. The van der Waals surface area contributed by atoms with Crippen molar-refractivity contribution in [2.24, 2.45) is 0 Å². The summed E-state index contributed by atoms with van der Waals surface area (Å²) in [5, 5.41) is 3.15. The maximum atomic E-state index is 12.7. The van der Waals surface area contributed by atoms with E-state index in [0.717, 1.165) is 21.2 Å². The zero-order chi connectivity index (χ0) is 20.8. The van der Waals surface area contributed by atoms with Crippen LogP contribution in [-0.4, -0.2) is 10.9 Å². The molecule has 0 saturated carbocycles. The van der Waals surface area contributed by atoms with Gasteiger partial charge in [0.2, 0.25) is 5.91 Å². The van der Waals surface area contributed by atoms with Crippen molar-refractivity contribution in [2.45, 2.75) is 18.9 Å². The van der Waals surface area contributed by atoms with Crippen molar-refractivity contribution in [1.82, 2.24) is 10.3 Å². The Morgan fingerprint density at radius 2 is 1.53 bits per heavy atom. The number of halogens is 1. The first-order valence-electron chi connectivity index (χ1n) is 9.79. The second-order valence-corrected chi connectivity index (χ2v) is 7.86. The average molecular weight is 461 g/mol. The van der Waals surface area contributed by atoms with Gasteiger partial charge in [-0.25, -0.2) is 4.98 Å². The molecule has 1 amide bonds. The van der Waals surface area contributed by atoms with Crippen LogP contribution in [0.1, 0.15) is 29.5 Å². The zero-order valence-electron chi connectivity index (χ0n) is 16.3. The first-order chi connectivity index (χ1) is 14.7. The van der Waals surface area contributed by atoms with Gasteiger partial charge in [-0.05, 0) is 23.3 Å². The number of benzene rings is 3. The Kier molecular flexibility index (Phi) is 6.40. The van der Waals surface area contributed by atoms with E-state index >= 15 is 0 Å². The smallest absolute Gasteiger partial charge is 0.221 e. The third kappa shape index (κ3) is 5.05. The van der Waals surface area contributed by atoms with E-state index in [2.05, 4.69) is 26.2 Å². The summed E-state index contributed by atoms with van der Waals surface area (Å²) in [5.41, 5.74) is 3.04. The highest BCUT2D eigenvalue weighted by Gasteiger charge is 2.17. The number of aryl methyl sites for hydroxylation is 1. The van der Waals surface area contributed by atoms with Crippen LogP contribution in [0.25, 0.3) is 11.3 Å². The molecule has 0 spiro atoms. The molecule has 1 N–H and O–H groups in total. The molecular formula is C25H21BrN2O2. The largest absolute Gasteiger partial charge is 0.441 e. The Bertz CT molecular complexity index is 1090. The van der Waals surface area contributed by atoms with Crippen molar-refractivity contribution in [3.05, 3.63) is 113 Å². The lowest BCUT2D eigenvalue weighted by atomic mass is 9.98. The summed E-state index contributed by atoms with van der Waals surface area (Å²) < 4.78 is 6.81. The maximum Gasteiger partial charge on any atom is 0.221 e. The molecule has 30 heavy (non-hydrogen) atoms. The molecule has 3 aromatic carbocycles. The van der Waals surface area contributed by atoms with E-state index in [9.17, 15) is 4.79 Å². The third-order valence-electron chi connectivity index (χ3n) is 4.82. The molecule has 0 aliphatic rings. The van der Waals surface area contributed by atoms with Gasteiger partial charge in [-0.1, -0.05) is 88.7 Å². The Labute approximate surface area is 184 Å². The number of carbonyl (C=O) groups is 1. The Hall–Kier alpha value is -3.18. The molecule has 0 bridgehead atoms. The van der Waals surface area contributed by atoms with Gasteiger partial charge in [0.25, 0.3) is 0 Å². The molecule has 1 atom stereocenters. The Morgan fingerprint density at radius 3 is 2.23 bits per heavy atom. The molecule has 4 rings (SSSR count). The lowest BCUT2D eigenvalue weighted by molar-refractivity contribution is -0.121. The first kappa shape index (κ1) is 20.1. The number of amides is 1. The number of oxazole rings is 1. The predicted molar refractivity (Wildman–Crippen MR) is 121 cm³/mol. The number of rotatable bonds is 7. The summed E-state index contributed by atoms with van der Waals surface area (Å²) in [5.74, 6) is 1.22. The normalized spacial score (nSPS) is 11.8. The second-order valence-electron chi connectivity index (χ2n) is 6.95. The third-order valence-corrected chi connectivity index (χ3v) is 5.35. The summed E-state index contributed by atoms with van der Waals surface area (Å²) in [6.45, 7) is 0. The molecule has 4 aromatic rings. The lowest BCUT2D eigenvalue weighted by Gasteiger charge is -2.20. The molecule has 0 aliphatic heterocycles. The average Bonchev–Trinajstić information content (AvgIpc) is 3.27. The van der Waals surface area contributed by atoms with Gasteiger partial charge in [-0.2, -0.15) is 0 Å². The van der Waals surface area contributed by atoms with Gasteiger partial charge < -0.3 is 9.73 Å². The molecule has 0 aliphatic carbocycles. The molecule has 0 radical (unpaired) electrons. The van der Waals surface area contributed by atoms with E-state index in [4.69, 9.17) is 4.42 Å². The van der Waals surface area contributed by atoms with Crippen molar-refractivity contribution >= 4 is 21.8 Å². The summed E-state index contributed by atoms with van der Waals surface area (Å²) in [4.78, 5) is 17.0. The van der Waals surface area contributed by atoms with Gasteiger partial charge in [0.05, 0.1) is 12.2 Å². The fourth-order valence-corrected chi connectivity index (χ4v) is 3.54. The minimum Gasteiger partial charge on any atom is -0.441 e. The van der Waals surface area contributed by atoms with E-state index in [1.807, 2.05) is 84.9 Å². The van der Waals surface area contributed by atoms with Crippen LogP contribution in [0.3, 0.4) is 0 Å². The zero-order valence-corrected chi connectivity index (χ0v) is 17.9. The highest BCUT2D eigenvalue weighted by atomic mass is 79.9.